The van der Waals surface area contributed by atoms with Gasteiger partial charge in [-0.15, -0.1) is 0 Å². The predicted octanol–water partition coefficient (Wildman–Crippen LogP) is 2.77. The highest BCUT2D eigenvalue weighted by molar-refractivity contribution is 8.26. The third-order valence-corrected chi connectivity index (χ3v) is 5.41. The fraction of sp³-hybridized carbons (Fsp3) is 0.105. The van der Waals surface area contributed by atoms with Gasteiger partial charge in [0.25, 0.3) is 5.91 Å². The van der Waals surface area contributed by atoms with E-state index in [0.717, 1.165) is 16.7 Å². The monoisotopic (exact) mass is 447 g/mol. The maximum absolute atomic E-state index is 12.6. The van der Waals surface area contributed by atoms with Crippen molar-refractivity contribution < 1.29 is 38.9 Å². The smallest absolute Gasteiger partial charge is 0.335 e. The Labute approximate surface area is 178 Å². The number of benzene rings is 1. The van der Waals surface area contributed by atoms with E-state index < -0.39 is 36.3 Å². The zero-order chi connectivity index (χ0) is 22.0. The molecule has 9 nitrogen and oxygen atoms in total. The number of carboxylic acid groups (broad SMARTS) is 3. The van der Waals surface area contributed by atoms with E-state index in [9.17, 15) is 24.3 Å². The van der Waals surface area contributed by atoms with Crippen molar-refractivity contribution in [2.24, 2.45) is 0 Å². The van der Waals surface area contributed by atoms with E-state index in [2.05, 4.69) is 0 Å². The molecule has 30 heavy (non-hydrogen) atoms. The summed E-state index contributed by atoms with van der Waals surface area (Å²) in [5.74, 6) is -4.04. The van der Waals surface area contributed by atoms with Crippen LogP contribution in [0.1, 0.15) is 22.5 Å². The molecule has 2 aromatic rings. The molecule has 0 aliphatic carbocycles. The van der Waals surface area contributed by atoms with Crippen molar-refractivity contribution in [2.75, 3.05) is 0 Å². The molecule has 0 radical (unpaired) electrons. The SMILES string of the molecule is O=C(O)C[C@@H](C(=O)O)N1C(=O)/C(=C/c2ccc(-c3cccc(C(=O)O)c3)o2)SC1=S. The Morgan fingerprint density at radius 3 is 2.53 bits per heavy atom. The van der Waals surface area contributed by atoms with Crippen molar-refractivity contribution in [3.63, 3.8) is 0 Å². The molecule has 0 bridgehead atoms. The fourth-order valence-electron chi connectivity index (χ4n) is 2.72. The Balaban J connectivity index is 1.86. The summed E-state index contributed by atoms with van der Waals surface area (Å²) in [6.07, 6.45) is 0.573. The molecule has 154 valence electrons. The number of thioether (sulfide) groups is 1. The number of hydrogen-bond acceptors (Lipinski definition) is 7. The lowest BCUT2D eigenvalue weighted by atomic mass is 10.1. The van der Waals surface area contributed by atoms with Gasteiger partial charge in [0, 0.05) is 11.6 Å². The summed E-state index contributed by atoms with van der Waals surface area (Å²) < 4.78 is 5.58. The summed E-state index contributed by atoms with van der Waals surface area (Å²) in [5, 5.41) is 27.3. The minimum atomic E-state index is -1.62. The Morgan fingerprint density at radius 2 is 1.90 bits per heavy atom. The largest absolute Gasteiger partial charge is 0.481 e. The first-order chi connectivity index (χ1) is 14.2. The maximum Gasteiger partial charge on any atom is 0.335 e. The van der Waals surface area contributed by atoms with Gasteiger partial charge in [-0.3, -0.25) is 14.5 Å². The molecule has 0 spiro atoms. The summed E-state index contributed by atoms with van der Waals surface area (Å²) in [4.78, 5) is 46.9. The number of aliphatic carboxylic acids is 2. The van der Waals surface area contributed by atoms with Crippen LogP contribution in [0.2, 0.25) is 0 Å². The summed E-state index contributed by atoms with van der Waals surface area (Å²) in [7, 11) is 0. The predicted molar refractivity (Wildman–Crippen MR) is 110 cm³/mol. The highest BCUT2D eigenvalue weighted by Gasteiger charge is 2.41. The average Bonchev–Trinajstić information content (AvgIpc) is 3.25. The molecule has 1 aromatic carbocycles. The molecular formula is C19H13NO8S2. The molecule has 11 heteroatoms. The van der Waals surface area contributed by atoms with Crippen molar-refractivity contribution in [1.29, 1.82) is 0 Å². The van der Waals surface area contributed by atoms with Gasteiger partial charge in [-0.2, -0.15) is 0 Å². The Kier molecular flexibility index (Phi) is 6.04. The zero-order valence-electron chi connectivity index (χ0n) is 15.0. The van der Waals surface area contributed by atoms with E-state index in [1.54, 1.807) is 24.3 Å². The van der Waals surface area contributed by atoms with Gasteiger partial charge in [0.2, 0.25) is 0 Å². The number of aromatic carboxylic acids is 1. The van der Waals surface area contributed by atoms with Gasteiger partial charge in [0.05, 0.1) is 16.9 Å². The van der Waals surface area contributed by atoms with Crippen molar-refractivity contribution in [1.82, 2.24) is 4.90 Å². The van der Waals surface area contributed by atoms with Crippen molar-refractivity contribution in [2.45, 2.75) is 12.5 Å². The number of amides is 1. The number of rotatable bonds is 7. The number of thiocarbonyl (C=S) groups is 1. The van der Waals surface area contributed by atoms with Gasteiger partial charge in [0.15, 0.2) is 0 Å². The van der Waals surface area contributed by atoms with Crippen molar-refractivity contribution >= 4 is 58.2 Å². The van der Waals surface area contributed by atoms with Crippen LogP contribution in [0.5, 0.6) is 0 Å². The van der Waals surface area contributed by atoms with Gasteiger partial charge in [-0.1, -0.05) is 36.1 Å². The molecular weight excluding hydrogens is 434 g/mol. The van der Waals surface area contributed by atoms with Crippen LogP contribution in [0.25, 0.3) is 17.4 Å². The van der Waals surface area contributed by atoms with Gasteiger partial charge in [0.1, 0.15) is 21.9 Å². The van der Waals surface area contributed by atoms with Crippen molar-refractivity contribution in [3.8, 4) is 11.3 Å². The van der Waals surface area contributed by atoms with E-state index in [1.807, 2.05) is 0 Å². The van der Waals surface area contributed by atoms with Crippen LogP contribution in [0.3, 0.4) is 0 Å². The summed E-state index contributed by atoms with van der Waals surface area (Å²) in [5.41, 5.74) is 0.610. The van der Waals surface area contributed by atoms with Crippen LogP contribution in [0.15, 0.2) is 45.7 Å². The molecule has 0 unspecified atom stereocenters. The quantitative estimate of drug-likeness (QED) is 0.428. The molecule has 3 N–H and O–H groups in total. The number of nitrogens with zero attached hydrogens (tertiary/aromatic N) is 1. The summed E-state index contributed by atoms with van der Waals surface area (Å²) >= 11 is 5.90. The van der Waals surface area contributed by atoms with Gasteiger partial charge in [-0.25, -0.2) is 9.59 Å². The minimum absolute atomic E-state index is 0.0687. The Hall–Kier alpha value is -3.44. The van der Waals surface area contributed by atoms with E-state index in [0.29, 0.717) is 11.3 Å². The second-order valence-electron chi connectivity index (χ2n) is 6.09. The lowest BCUT2D eigenvalue weighted by Gasteiger charge is -2.21. The van der Waals surface area contributed by atoms with Gasteiger partial charge in [-0.05, 0) is 24.3 Å². The second kappa shape index (κ2) is 8.51. The van der Waals surface area contributed by atoms with Gasteiger partial charge >= 0.3 is 17.9 Å². The lowest BCUT2D eigenvalue weighted by molar-refractivity contribution is -0.150. The molecule has 1 aliphatic rings. The third-order valence-electron chi connectivity index (χ3n) is 4.08. The number of carboxylic acids is 3. The zero-order valence-corrected chi connectivity index (χ0v) is 16.6. The van der Waals surface area contributed by atoms with Crippen LogP contribution in [-0.4, -0.2) is 54.4 Å². The molecule has 0 saturated carbocycles. The minimum Gasteiger partial charge on any atom is -0.481 e. The highest BCUT2D eigenvalue weighted by Crippen LogP contribution is 2.35. The first-order valence-corrected chi connectivity index (χ1v) is 9.55. The Morgan fingerprint density at radius 1 is 1.17 bits per heavy atom. The van der Waals surface area contributed by atoms with E-state index in [4.69, 9.17) is 26.8 Å². The first-order valence-electron chi connectivity index (χ1n) is 8.32. The molecule has 1 amide bonds. The molecule has 1 aliphatic heterocycles. The normalized spacial score (nSPS) is 16.1. The van der Waals surface area contributed by atoms with Crippen LogP contribution in [0, 0.1) is 0 Å². The van der Waals surface area contributed by atoms with Crippen LogP contribution < -0.4 is 0 Å². The van der Waals surface area contributed by atoms with Gasteiger partial charge < -0.3 is 19.7 Å². The number of furan rings is 1. The highest BCUT2D eigenvalue weighted by atomic mass is 32.2. The van der Waals surface area contributed by atoms with Crippen LogP contribution >= 0.6 is 24.0 Å². The average molecular weight is 447 g/mol. The topological polar surface area (TPSA) is 145 Å². The van der Waals surface area contributed by atoms with Crippen molar-refractivity contribution in [3.05, 3.63) is 52.6 Å². The Bertz CT molecular complexity index is 1100. The van der Waals surface area contributed by atoms with E-state index in [1.165, 1.54) is 18.2 Å². The molecule has 1 aromatic heterocycles. The molecule has 2 heterocycles. The number of hydrogen-bond donors (Lipinski definition) is 3. The summed E-state index contributed by atoms with van der Waals surface area (Å²) in [6.45, 7) is 0. The van der Waals surface area contributed by atoms with E-state index >= 15 is 0 Å². The van der Waals surface area contributed by atoms with Crippen LogP contribution in [-0.2, 0) is 14.4 Å². The molecule has 1 atom stereocenters. The number of carbonyl (C=O) groups is 4. The fourth-order valence-corrected chi connectivity index (χ4v) is 4.06. The third kappa shape index (κ3) is 4.42. The molecule has 1 saturated heterocycles. The lowest BCUT2D eigenvalue weighted by Crippen LogP contribution is -2.45. The summed E-state index contributed by atoms with van der Waals surface area (Å²) in [6, 6.07) is 7.65. The first kappa shape index (κ1) is 21.3. The van der Waals surface area contributed by atoms with Crippen LogP contribution in [0.4, 0.5) is 0 Å². The molecule has 3 rings (SSSR count). The second-order valence-corrected chi connectivity index (χ2v) is 7.77. The number of carbonyl (C=O) groups excluding carboxylic acids is 1. The standard InChI is InChI=1S/C19H13NO8S2/c21-15(22)8-12(18(26)27)20-16(23)14(30-19(20)29)7-11-4-5-13(28-11)9-2-1-3-10(6-9)17(24)25/h1-7,12H,8H2,(H,21,22)(H,24,25)(H,26,27)/b14-7-/t12-/m0/s1. The molecule has 1 fully saturated rings. The van der Waals surface area contributed by atoms with E-state index in [-0.39, 0.29) is 20.5 Å². The maximum atomic E-state index is 12.6.